The van der Waals surface area contributed by atoms with Crippen molar-refractivity contribution in [1.82, 2.24) is 10.6 Å². The summed E-state index contributed by atoms with van der Waals surface area (Å²) in [5.74, 6) is 0. The van der Waals surface area contributed by atoms with E-state index in [2.05, 4.69) is 10.6 Å². The smallest absolute Gasteiger partial charge is 0.315 e. The highest BCUT2D eigenvalue weighted by molar-refractivity contribution is 7.10. The van der Waals surface area contributed by atoms with Crippen LogP contribution in [0.15, 0.2) is 47.8 Å². The van der Waals surface area contributed by atoms with Gasteiger partial charge in [-0.15, -0.1) is 11.3 Å². The van der Waals surface area contributed by atoms with Gasteiger partial charge in [-0.1, -0.05) is 36.4 Å². The summed E-state index contributed by atoms with van der Waals surface area (Å²) in [5.41, 5.74) is -0.0770. The molecule has 0 aliphatic carbocycles. The van der Waals surface area contributed by atoms with E-state index in [1.165, 1.54) is 11.3 Å². The van der Waals surface area contributed by atoms with E-state index in [4.69, 9.17) is 4.74 Å². The standard InChI is InChI=1S/C17H22N2O3S/c1-17(21,15-9-6-10-23-15)12-19-16(20)18-11-14(22-2)13-7-4-3-5-8-13/h3-10,14,21H,11-12H2,1-2H3,(H2,18,19,20)/t14-,17+/m0/s1. The molecule has 0 saturated heterocycles. The molecule has 0 radical (unpaired) electrons. The zero-order valence-corrected chi connectivity index (χ0v) is 14.1. The van der Waals surface area contributed by atoms with Crippen LogP contribution in [0.2, 0.25) is 0 Å². The molecule has 0 saturated carbocycles. The van der Waals surface area contributed by atoms with Crippen molar-refractivity contribution in [1.29, 1.82) is 0 Å². The molecule has 0 unspecified atom stereocenters. The van der Waals surface area contributed by atoms with Crippen molar-refractivity contribution in [3.05, 3.63) is 58.3 Å². The van der Waals surface area contributed by atoms with Crippen LogP contribution >= 0.6 is 11.3 Å². The molecule has 0 aliphatic heterocycles. The largest absolute Gasteiger partial charge is 0.383 e. The number of nitrogens with one attached hydrogen (secondary N) is 2. The first-order valence-corrected chi connectivity index (χ1v) is 8.26. The van der Waals surface area contributed by atoms with Gasteiger partial charge in [-0.05, 0) is 23.9 Å². The number of urea groups is 1. The maximum Gasteiger partial charge on any atom is 0.315 e. The number of ether oxygens (including phenoxy) is 1. The molecule has 6 heteroatoms. The molecule has 1 aromatic heterocycles. The first-order chi connectivity index (χ1) is 11.0. The van der Waals surface area contributed by atoms with Crippen molar-refractivity contribution in [3.63, 3.8) is 0 Å². The Kier molecular flexibility index (Phi) is 6.15. The molecule has 124 valence electrons. The molecule has 0 aliphatic rings. The van der Waals surface area contributed by atoms with Gasteiger partial charge in [-0.3, -0.25) is 0 Å². The van der Waals surface area contributed by atoms with Crippen LogP contribution in [-0.4, -0.2) is 31.3 Å². The van der Waals surface area contributed by atoms with Crippen molar-refractivity contribution in [2.45, 2.75) is 18.6 Å². The summed E-state index contributed by atoms with van der Waals surface area (Å²) in [7, 11) is 1.61. The van der Waals surface area contributed by atoms with E-state index in [0.717, 1.165) is 10.4 Å². The maximum atomic E-state index is 11.9. The lowest BCUT2D eigenvalue weighted by atomic mass is 10.1. The number of benzene rings is 1. The SMILES string of the molecule is CO[C@@H](CNC(=O)NC[C@@](C)(O)c1cccs1)c1ccccc1. The topological polar surface area (TPSA) is 70.6 Å². The molecule has 3 N–H and O–H groups in total. The normalized spacial score (nSPS) is 14.7. The van der Waals surface area contributed by atoms with Crippen LogP contribution in [0.1, 0.15) is 23.5 Å². The summed E-state index contributed by atoms with van der Waals surface area (Å²) >= 11 is 1.46. The fourth-order valence-corrected chi connectivity index (χ4v) is 2.96. The zero-order chi connectivity index (χ0) is 16.7. The Morgan fingerprint density at radius 1 is 1.26 bits per heavy atom. The van der Waals surface area contributed by atoms with Crippen molar-refractivity contribution in [2.24, 2.45) is 0 Å². The highest BCUT2D eigenvalue weighted by Crippen LogP contribution is 2.24. The minimum Gasteiger partial charge on any atom is -0.383 e. The van der Waals surface area contributed by atoms with E-state index in [-0.39, 0.29) is 18.7 Å². The fourth-order valence-electron chi connectivity index (χ4n) is 2.18. The number of aliphatic hydroxyl groups is 1. The van der Waals surface area contributed by atoms with Crippen LogP contribution < -0.4 is 10.6 Å². The molecule has 2 aromatic rings. The van der Waals surface area contributed by atoms with Gasteiger partial charge >= 0.3 is 6.03 Å². The van der Waals surface area contributed by atoms with Crippen LogP contribution in [0.3, 0.4) is 0 Å². The monoisotopic (exact) mass is 334 g/mol. The number of rotatable bonds is 7. The fraction of sp³-hybridized carbons (Fsp3) is 0.353. The third kappa shape index (κ3) is 5.06. The molecule has 2 amide bonds. The summed E-state index contributed by atoms with van der Waals surface area (Å²) in [6.45, 7) is 2.18. The highest BCUT2D eigenvalue weighted by Gasteiger charge is 2.24. The number of methoxy groups -OCH3 is 1. The second-order valence-corrected chi connectivity index (χ2v) is 6.40. The molecule has 0 bridgehead atoms. The molecule has 1 aromatic carbocycles. The number of thiophene rings is 1. The van der Waals surface area contributed by atoms with Gasteiger partial charge in [0.05, 0.1) is 12.6 Å². The van der Waals surface area contributed by atoms with E-state index in [1.54, 1.807) is 14.0 Å². The van der Waals surface area contributed by atoms with Gasteiger partial charge in [0.25, 0.3) is 0 Å². The average Bonchev–Trinajstić information content (AvgIpc) is 3.10. The first-order valence-electron chi connectivity index (χ1n) is 7.39. The second-order valence-electron chi connectivity index (χ2n) is 5.45. The Morgan fingerprint density at radius 2 is 2.00 bits per heavy atom. The molecule has 0 fully saturated rings. The number of carbonyl (C=O) groups excluding carboxylic acids is 1. The summed E-state index contributed by atoms with van der Waals surface area (Å²) < 4.78 is 5.40. The summed E-state index contributed by atoms with van der Waals surface area (Å²) in [6, 6.07) is 13.1. The Morgan fingerprint density at radius 3 is 2.61 bits per heavy atom. The molecule has 5 nitrogen and oxygen atoms in total. The lowest BCUT2D eigenvalue weighted by Crippen LogP contribution is -2.44. The van der Waals surface area contributed by atoms with Crippen LogP contribution in [0, 0.1) is 0 Å². The zero-order valence-electron chi connectivity index (χ0n) is 13.3. The van der Waals surface area contributed by atoms with Crippen LogP contribution in [0.25, 0.3) is 0 Å². The van der Waals surface area contributed by atoms with Crippen LogP contribution in [0.5, 0.6) is 0 Å². The summed E-state index contributed by atoms with van der Waals surface area (Å²) in [6.07, 6.45) is -0.209. The van der Waals surface area contributed by atoms with Gasteiger partial charge in [-0.2, -0.15) is 0 Å². The minimum absolute atomic E-state index is 0.141. The van der Waals surface area contributed by atoms with E-state index < -0.39 is 5.60 Å². The Labute approximate surface area is 140 Å². The van der Waals surface area contributed by atoms with Gasteiger partial charge in [0.2, 0.25) is 0 Å². The Balaban J connectivity index is 1.81. The quantitative estimate of drug-likeness (QED) is 0.729. The predicted octanol–water partition coefficient (Wildman–Crippen LogP) is 2.64. The van der Waals surface area contributed by atoms with E-state index in [0.29, 0.717) is 6.54 Å². The number of hydrogen-bond acceptors (Lipinski definition) is 4. The Bertz CT molecular complexity index is 600. The van der Waals surface area contributed by atoms with Gasteiger partial charge in [0, 0.05) is 18.5 Å². The lowest BCUT2D eigenvalue weighted by molar-refractivity contribution is 0.0626. The lowest BCUT2D eigenvalue weighted by Gasteiger charge is -2.23. The van der Waals surface area contributed by atoms with E-state index >= 15 is 0 Å². The van der Waals surface area contributed by atoms with Crippen molar-refractivity contribution in [2.75, 3.05) is 20.2 Å². The van der Waals surface area contributed by atoms with Gasteiger partial charge in [-0.25, -0.2) is 4.79 Å². The van der Waals surface area contributed by atoms with E-state index in [9.17, 15) is 9.90 Å². The van der Waals surface area contributed by atoms with Crippen molar-refractivity contribution >= 4 is 17.4 Å². The third-order valence-corrected chi connectivity index (χ3v) is 4.67. The van der Waals surface area contributed by atoms with Crippen molar-refractivity contribution in [3.8, 4) is 0 Å². The number of carbonyl (C=O) groups is 1. The second kappa shape index (κ2) is 8.10. The molecule has 2 atom stereocenters. The first kappa shape index (κ1) is 17.5. The number of amides is 2. The van der Waals surface area contributed by atoms with Crippen LogP contribution in [0.4, 0.5) is 4.79 Å². The predicted molar refractivity (Wildman–Crippen MR) is 91.5 cm³/mol. The van der Waals surface area contributed by atoms with Crippen LogP contribution in [-0.2, 0) is 10.3 Å². The van der Waals surface area contributed by atoms with E-state index in [1.807, 2.05) is 47.8 Å². The third-order valence-electron chi connectivity index (χ3n) is 3.55. The molecule has 1 heterocycles. The van der Waals surface area contributed by atoms with Gasteiger partial charge < -0.3 is 20.5 Å². The minimum atomic E-state index is -1.08. The Hall–Kier alpha value is -1.89. The number of hydrogen-bond donors (Lipinski definition) is 3. The van der Waals surface area contributed by atoms with Crippen molar-refractivity contribution < 1.29 is 14.6 Å². The highest BCUT2D eigenvalue weighted by atomic mass is 32.1. The molecule has 23 heavy (non-hydrogen) atoms. The summed E-state index contributed by atoms with van der Waals surface area (Å²) in [5, 5.41) is 17.7. The maximum absolute atomic E-state index is 11.9. The molecule has 0 spiro atoms. The van der Waals surface area contributed by atoms with Gasteiger partial charge in [0.1, 0.15) is 5.60 Å². The molecular weight excluding hydrogens is 312 g/mol. The van der Waals surface area contributed by atoms with Gasteiger partial charge in [0.15, 0.2) is 0 Å². The molecule has 2 rings (SSSR count). The summed E-state index contributed by atoms with van der Waals surface area (Å²) in [4.78, 5) is 12.7. The average molecular weight is 334 g/mol. The molecular formula is C17H22N2O3S.